The first-order valence-electron chi connectivity index (χ1n) is 9.35. The van der Waals surface area contributed by atoms with Crippen LogP contribution >= 0.6 is 0 Å². The summed E-state index contributed by atoms with van der Waals surface area (Å²) in [6.45, 7) is 0. The van der Waals surface area contributed by atoms with E-state index in [4.69, 9.17) is 9.84 Å². The maximum Gasteiger partial charge on any atom is 0.303 e. The van der Waals surface area contributed by atoms with Crippen molar-refractivity contribution in [2.24, 2.45) is 5.92 Å². The minimum Gasteiger partial charge on any atom is -0.481 e. The Hall–Kier alpha value is -2.50. The van der Waals surface area contributed by atoms with Gasteiger partial charge in [-0.2, -0.15) is 0 Å². The summed E-state index contributed by atoms with van der Waals surface area (Å²) in [5.41, 5.74) is 1.05. The normalized spacial score (nSPS) is 21.6. The van der Waals surface area contributed by atoms with Crippen molar-refractivity contribution >= 4 is 5.97 Å². The number of carboxylic acids is 1. The van der Waals surface area contributed by atoms with Crippen LogP contribution in [0, 0.1) is 17.6 Å². The van der Waals surface area contributed by atoms with Crippen LogP contribution in [0.5, 0.6) is 5.88 Å². The number of aromatic nitrogens is 1. The van der Waals surface area contributed by atoms with Gasteiger partial charge in [0.2, 0.25) is 5.88 Å². The summed E-state index contributed by atoms with van der Waals surface area (Å²) < 4.78 is 35.3. The van der Waals surface area contributed by atoms with E-state index >= 15 is 0 Å². The molecule has 0 saturated heterocycles. The molecule has 0 radical (unpaired) electrons. The van der Waals surface area contributed by atoms with Crippen molar-refractivity contribution in [1.82, 2.24) is 4.98 Å². The lowest BCUT2D eigenvalue weighted by molar-refractivity contribution is -0.137. The molecule has 142 valence electrons. The lowest BCUT2D eigenvalue weighted by atomic mass is 9.96. The van der Waals surface area contributed by atoms with Crippen LogP contribution in [0.3, 0.4) is 0 Å². The number of rotatable bonds is 7. The molecule has 2 unspecified atom stereocenters. The van der Waals surface area contributed by atoms with Crippen LogP contribution in [-0.4, -0.2) is 22.2 Å². The van der Waals surface area contributed by atoms with Crippen molar-refractivity contribution in [3.63, 3.8) is 0 Å². The second kappa shape index (κ2) is 7.25. The van der Waals surface area contributed by atoms with Crippen LogP contribution in [0.4, 0.5) is 8.78 Å². The Morgan fingerprint density at radius 3 is 2.63 bits per heavy atom. The third kappa shape index (κ3) is 3.80. The Morgan fingerprint density at radius 1 is 1.26 bits per heavy atom. The monoisotopic (exact) mass is 373 g/mol. The number of carbonyl (C=O) groups is 1. The van der Waals surface area contributed by atoms with E-state index in [1.54, 1.807) is 18.3 Å². The molecule has 1 aromatic carbocycles. The third-order valence-corrected chi connectivity index (χ3v) is 5.51. The molecule has 4 nitrogen and oxygen atoms in total. The second-order valence-electron chi connectivity index (χ2n) is 7.42. The summed E-state index contributed by atoms with van der Waals surface area (Å²) in [5.74, 6) is -1.87. The number of carboxylic acid groups (broad SMARTS) is 1. The van der Waals surface area contributed by atoms with Crippen molar-refractivity contribution in [1.29, 1.82) is 0 Å². The standard InChI is InChI=1S/C21H21F2NO3/c22-17-10-13(15-5-2-8-24-21(15)27-14-3-1-4-14)11-18(23)20(17)16-9-12(16)6-7-19(25)26/h2,5,8,10-12,14,16H,1,3-4,6-7,9H2,(H,25,26). The summed E-state index contributed by atoms with van der Waals surface area (Å²) >= 11 is 0. The van der Waals surface area contributed by atoms with Gasteiger partial charge in [0.25, 0.3) is 0 Å². The molecule has 0 bridgehead atoms. The third-order valence-electron chi connectivity index (χ3n) is 5.51. The fourth-order valence-electron chi connectivity index (χ4n) is 3.67. The molecule has 27 heavy (non-hydrogen) atoms. The van der Waals surface area contributed by atoms with E-state index in [0.29, 0.717) is 29.8 Å². The number of ether oxygens (including phenoxy) is 1. The Kier molecular flexibility index (Phi) is 4.81. The molecule has 0 aliphatic heterocycles. The number of hydrogen-bond acceptors (Lipinski definition) is 3. The zero-order valence-corrected chi connectivity index (χ0v) is 14.8. The quantitative estimate of drug-likeness (QED) is 0.748. The van der Waals surface area contributed by atoms with Crippen molar-refractivity contribution in [2.45, 2.75) is 50.5 Å². The van der Waals surface area contributed by atoms with Crippen molar-refractivity contribution in [3.8, 4) is 17.0 Å². The van der Waals surface area contributed by atoms with Gasteiger partial charge < -0.3 is 9.84 Å². The molecule has 4 rings (SSSR count). The predicted octanol–water partition coefficient (Wildman–Crippen LogP) is 4.93. The van der Waals surface area contributed by atoms with Crippen LogP contribution in [0.2, 0.25) is 0 Å². The molecule has 2 atom stereocenters. The summed E-state index contributed by atoms with van der Waals surface area (Å²) in [4.78, 5) is 14.9. The molecule has 1 N–H and O–H groups in total. The van der Waals surface area contributed by atoms with Crippen molar-refractivity contribution in [2.75, 3.05) is 0 Å². The van der Waals surface area contributed by atoms with Crippen LogP contribution in [0.1, 0.15) is 50.0 Å². The maximum absolute atomic E-state index is 14.7. The zero-order valence-electron chi connectivity index (χ0n) is 14.8. The Balaban J connectivity index is 1.57. The number of benzene rings is 1. The molecular weight excluding hydrogens is 352 g/mol. The van der Waals surface area contributed by atoms with Gasteiger partial charge in [-0.15, -0.1) is 0 Å². The molecule has 0 amide bonds. The van der Waals surface area contributed by atoms with Gasteiger partial charge in [0.1, 0.15) is 17.7 Å². The number of pyridine rings is 1. The van der Waals surface area contributed by atoms with E-state index in [0.717, 1.165) is 19.3 Å². The van der Waals surface area contributed by atoms with E-state index < -0.39 is 17.6 Å². The average molecular weight is 373 g/mol. The number of aliphatic carboxylic acids is 1. The van der Waals surface area contributed by atoms with Crippen LogP contribution in [0.15, 0.2) is 30.5 Å². The fourth-order valence-corrected chi connectivity index (χ4v) is 3.67. The predicted molar refractivity (Wildman–Crippen MR) is 95.6 cm³/mol. The Labute approximate surface area is 156 Å². The summed E-state index contributed by atoms with van der Waals surface area (Å²) in [5, 5.41) is 8.76. The largest absolute Gasteiger partial charge is 0.481 e. The summed E-state index contributed by atoms with van der Waals surface area (Å²) in [6.07, 6.45) is 5.89. The minimum absolute atomic E-state index is 0.0278. The molecule has 1 heterocycles. The van der Waals surface area contributed by atoms with Crippen LogP contribution < -0.4 is 4.74 Å². The highest BCUT2D eigenvalue weighted by Gasteiger charge is 2.41. The molecule has 6 heteroatoms. The topological polar surface area (TPSA) is 59.4 Å². The average Bonchev–Trinajstić information content (AvgIpc) is 3.35. The van der Waals surface area contributed by atoms with Gasteiger partial charge in [0.15, 0.2) is 0 Å². The molecule has 1 aromatic heterocycles. The van der Waals surface area contributed by atoms with Gasteiger partial charge in [0, 0.05) is 23.7 Å². The van der Waals surface area contributed by atoms with E-state index in [-0.39, 0.29) is 29.9 Å². The molecular formula is C21H21F2NO3. The van der Waals surface area contributed by atoms with Gasteiger partial charge in [-0.05, 0) is 73.8 Å². The molecule has 2 aliphatic carbocycles. The van der Waals surface area contributed by atoms with Gasteiger partial charge in [0.05, 0.1) is 0 Å². The summed E-state index contributed by atoms with van der Waals surface area (Å²) in [7, 11) is 0. The molecule has 2 saturated carbocycles. The number of nitrogens with zero attached hydrogens (tertiary/aromatic N) is 1. The Morgan fingerprint density at radius 2 is 2.00 bits per heavy atom. The van der Waals surface area contributed by atoms with Gasteiger partial charge >= 0.3 is 5.97 Å². The molecule has 0 spiro atoms. The first-order valence-corrected chi connectivity index (χ1v) is 9.35. The van der Waals surface area contributed by atoms with Crippen LogP contribution in [0.25, 0.3) is 11.1 Å². The molecule has 2 fully saturated rings. The van der Waals surface area contributed by atoms with E-state index in [9.17, 15) is 13.6 Å². The van der Waals surface area contributed by atoms with Gasteiger partial charge in [-0.1, -0.05) is 0 Å². The van der Waals surface area contributed by atoms with E-state index in [1.165, 1.54) is 12.1 Å². The van der Waals surface area contributed by atoms with Gasteiger partial charge in [-0.25, -0.2) is 13.8 Å². The Bertz CT molecular complexity index is 843. The first-order chi connectivity index (χ1) is 13.0. The number of halogens is 2. The zero-order chi connectivity index (χ0) is 19.0. The van der Waals surface area contributed by atoms with Gasteiger partial charge in [-0.3, -0.25) is 4.79 Å². The van der Waals surface area contributed by atoms with Crippen molar-refractivity contribution in [3.05, 3.63) is 47.7 Å². The number of hydrogen-bond donors (Lipinski definition) is 1. The van der Waals surface area contributed by atoms with E-state index in [1.807, 2.05) is 0 Å². The fraction of sp³-hybridized carbons (Fsp3) is 0.429. The minimum atomic E-state index is -0.882. The van der Waals surface area contributed by atoms with Crippen LogP contribution in [-0.2, 0) is 4.79 Å². The SMILES string of the molecule is O=C(O)CCC1CC1c1c(F)cc(-c2cccnc2OC2CCC2)cc1F. The highest BCUT2D eigenvalue weighted by atomic mass is 19.1. The molecule has 2 aromatic rings. The summed E-state index contributed by atoms with van der Waals surface area (Å²) in [6, 6.07) is 6.13. The molecule has 2 aliphatic rings. The maximum atomic E-state index is 14.7. The smallest absolute Gasteiger partial charge is 0.303 e. The second-order valence-corrected chi connectivity index (χ2v) is 7.42. The highest BCUT2D eigenvalue weighted by Crippen LogP contribution is 2.52. The van der Waals surface area contributed by atoms with E-state index in [2.05, 4.69) is 4.98 Å². The lowest BCUT2D eigenvalue weighted by Crippen LogP contribution is -2.25. The lowest BCUT2D eigenvalue weighted by Gasteiger charge is -2.26. The van der Waals surface area contributed by atoms with Crippen molar-refractivity contribution < 1.29 is 23.4 Å². The highest BCUT2D eigenvalue weighted by molar-refractivity contribution is 5.69. The first kappa shape index (κ1) is 17.9.